The third-order valence-corrected chi connectivity index (χ3v) is 6.98. The van der Waals surface area contributed by atoms with Crippen molar-refractivity contribution in [3.8, 4) is 17.2 Å². The number of carboxylic acid groups (broad SMARTS) is 1. The molecule has 1 aromatic heterocycles. The average molecular weight is 526 g/mol. The molecule has 0 saturated carbocycles. The second-order valence-electron chi connectivity index (χ2n) is 7.94. The molecule has 2 heterocycles. The number of para-hydroxylation sites is 1. The van der Waals surface area contributed by atoms with Crippen molar-refractivity contribution in [2.24, 2.45) is 7.05 Å². The Bertz CT molecular complexity index is 1460. The zero-order chi connectivity index (χ0) is 26.1. The number of rotatable bonds is 7. The highest BCUT2D eigenvalue weighted by Gasteiger charge is 2.37. The van der Waals surface area contributed by atoms with Gasteiger partial charge in [-0.2, -0.15) is 0 Å². The number of thiocarbonyl (C=S) groups is 1. The Morgan fingerprint density at radius 1 is 1.14 bits per heavy atom. The van der Waals surface area contributed by atoms with Crippen molar-refractivity contribution in [1.29, 1.82) is 0 Å². The van der Waals surface area contributed by atoms with Gasteiger partial charge in [0, 0.05) is 7.05 Å². The first-order valence-corrected chi connectivity index (χ1v) is 12.1. The van der Waals surface area contributed by atoms with Crippen molar-refractivity contribution in [2.75, 3.05) is 12.0 Å². The van der Waals surface area contributed by atoms with Gasteiger partial charge in [-0.05, 0) is 49.8 Å². The smallest absolute Gasteiger partial charge is 0.344 e. The lowest BCUT2D eigenvalue weighted by molar-refractivity contribution is -0.144. The summed E-state index contributed by atoms with van der Waals surface area (Å²) in [6.07, 6.45) is 0.579. The van der Waals surface area contributed by atoms with Gasteiger partial charge in [0.05, 0.1) is 23.4 Å². The zero-order valence-electron chi connectivity index (χ0n) is 19.9. The SMILES string of the molecule is COc1cc(/C=C2/SC(=S)N(c3c(C)n(C)n(-c4ccccc4)c3=O)C2=O)ccc1OC(C)C(=O)O. The predicted octanol–water partition coefficient (Wildman–Crippen LogP) is 3.75. The minimum absolute atomic E-state index is 0.205. The van der Waals surface area contributed by atoms with Gasteiger partial charge < -0.3 is 14.6 Å². The lowest BCUT2D eigenvalue weighted by atomic mass is 10.1. The molecule has 0 radical (unpaired) electrons. The van der Waals surface area contributed by atoms with Crippen LogP contribution in [0.5, 0.6) is 11.5 Å². The van der Waals surface area contributed by atoms with Crippen LogP contribution in [0, 0.1) is 6.92 Å². The molecule has 9 nitrogen and oxygen atoms in total. The Labute approximate surface area is 216 Å². The molecular formula is C25H23N3O6S2. The molecule has 0 spiro atoms. The van der Waals surface area contributed by atoms with Crippen molar-refractivity contribution in [2.45, 2.75) is 20.0 Å². The molecule has 0 aliphatic carbocycles. The van der Waals surface area contributed by atoms with E-state index < -0.39 is 18.0 Å². The number of thioether (sulfide) groups is 1. The standard InChI is InChI=1S/C25H23N3O6S2/c1-14-21(23(30)28(26(14)3)17-8-6-5-7-9-17)27-22(29)20(36-25(27)35)13-16-10-11-18(19(12-16)33-4)34-15(2)24(31)32/h5-13,15H,1-4H3,(H,31,32)/b20-13+. The predicted molar refractivity (Wildman–Crippen MR) is 142 cm³/mol. The molecule has 0 bridgehead atoms. The molecule has 3 aromatic rings. The summed E-state index contributed by atoms with van der Waals surface area (Å²) in [5.41, 5.74) is 1.74. The Balaban J connectivity index is 1.68. The molecular weight excluding hydrogens is 502 g/mol. The average Bonchev–Trinajstić information content (AvgIpc) is 3.25. The number of methoxy groups -OCH3 is 1. The number of hydrogen-bond acceptors (Lipinski definition) is 7. The number of hydrogen-bond donors (Lipinski definition) is 1. The Hall–Kier alpha value is -3.83. The highest BCUT2D eigenvalue weighted by atomic mass is 32.2. The summed E-state index contributed by atoms with van der Waals surface area (Å²) in [7, 11) is 3.19. The zero-order valence-corrected chi connectivity index (χ0v) is 21.6. The van der Waals surface area contributed by atoms with Crippen LogP contribution >= 0.6 is 24.0 Å². The first-order chi connectivity index (χ1) is 17.1. The first kappa shape index (κ1) is 25.3. The van der Waals surface area contributed by atoms with E-state index >= 15 is 0 Å². The number of benzene rings is 2. The number of aromatic nitrogens is 2. The summed E-state index contributed by atoms with van der Waals surface area (Å²) in [6.45, 7) is 3.18. The molecule has 1 N–H and O–H groups in total. The minimum atomic E-state index is -1.10. The summed E-state index contributed by atoms with van der Waals surface area (Å²) in [5.74, 6) is -0.933. The van der Waals surface area contributed by atoms with Crippen LogP contribution in [0.15, 0.2) is 58.2 Å². The van der Waals surface area contributed by atoms with Crippen LogP contribution < -0.4 is 19.9 Å². The number of carbonyl (C=O) groups excluding carboxylic acids is 1. The quantitative estimate of drug-likeness (QED) is 0.368. The monoisotopic (exact) mass is 525 g/mol. The summed E-state index contributed by atoms with van der Waals surface area (Å²) >= 11 is 6.59. The molecule has 1 atom stereocenters. The number of ether oxygens (including phenoxy) is 2. The number of anilines is 1. The number of aliphatic carboxylic acids is 1. The van der Waals surface area contributed by atoms with E-state index in [2.05, 4.69) is 0 Å². The Kier molecular flexibility index (Phi) is 7.04. The highest BCUT2D eigenvalue weighted by Crippen LogP contribution is 2.37. The third kappa shape index (κ3) is 4.54. The van der Waals surface area contributed by atoms with E-state index in [9.17, 15) is 14.4 Å². The maximum atomic E-state index is 13.4. The Morgan fingerprint density at radius 3 is 2.47 bits per heavy atom. The van der Waals surface area contributed by atoms with E-state index in [0.29, 0.717) is 27.6 Å². The van der Waals surface area contributed by atoms with Crippen LogP contribution in [0.4, 0.5) is 5.69 Å². The maximum Gasteiger partial charge on any atom is 0.344 e. The topological polar surface area (TPSA) is 103 Å². The molecule has 1 aliphatic rings. The molecule has 186 valence electrons. The van der Waals surface area contributed by atoms with Gasteiger partial charge >= 0.3 is 5.97 Å². The Morgan fingerprint density at radius 2 is 1.83 bits per heavy atom. The number of amides is 1. The fourth-order valence-electron chi connectivity index (χ4n) is 3.74. The molecule has 1 saturated heterocycles. The molecule has 4 rings (SSSR count). The van der Waals surface area contributed by atoms with Gasteiger partial charge in [0.15, 0.2) is 21.9 Å². The van der Waals surface area contributed by atoms with E-state index in [0.717, 1.165) is 11.8 Å². The molecule has 1 unspecified atom stereocenters. The van der Waals surface area contributed by atoms with E-state index in [-0.39, 0.29) is 21.3 Å². The van der Waals surface area contributed by atoms with Crippen molar-refractivity contribution in [3.63, 3.8) is 0 Å². The second kappa shape index (κ2) is 10.0. The van der Waals surface area contributed by atoms with E-state index in [1.54, 1.807) is 42.9 Å². The van der Waals surface area contributed by atoms with Crippen molar-refractivity contribution >= 4 is 51.9 Å². The normalized spacial score (nSPS) is 15.4. The van der Waals surface area contributed by atoms with Gasteiger partial charge in [-0.3, -0.25) is 19.2 Å². The largest absolute Gasteiger partial charge is 0.493 e. The number of nitrogens with zero attached hydrogens (tertiary/aromatic N) is 3. The molecule has 1 fully saturated rings. The van der Waals surface area contributed by atoms with Crippen LogP contribution in [0.3, 0.4) is 0 Å². The van der Waals surface area contributed by atoms with Gasteiger partial charge in [-0.25, -0.2) is 9.48 Å². The minimum Gasteiger partial charge on any atom is -0.493 e. The lowest BCUT2D eigenvalue weighted by Crippen LogP contribution is -2.33. The van der Waals surface area contributed by atoms with Gasteiger partial charge in [0.2, 0.25) is 0 Å². The van der Waals surface area contributed by atoms with Crippen molar-refractivity contribution < 1.29 is 24.2 Å². The van der Waals surface area contributed by atoms with Gasteiger partial charge in [0.1, 0.15) is 5.69 Å². The summed E-state index contributed by atoms with van der Waals surface area (Å²) in [5, 5.41) is 9.09. The molecule has 2 aromatic carbocycles. The van der Waals surface area contributed by atoms with Crippen LogP contribution in [0.2, 0.25) is 0 Å². The molecule has 1 aliphatic heterocycles. The number of carbonyl (C=O) groups is 2. The van der Waals surface area contributed by atoms with Gasteiger partial charge in [-0.15, -0.1) is 0 Å². The lowest BCUT2D eigenvalue weighted by Gasteiger charge is -2.14. The van der Waals surface area contributed by atoms with Crippen molar-refractivity contribution in [3.05, 3.63) is 75.0 Å². The fourth-order valence-corrected chi connectivity index (χ4v) is 5.01. The van der Waals surface area contributed by atoms with Gasteiger partial charge in [0.25, 0.3) is 11.5 Å². The third-order valence-electron chi connectivity index (χ3n) is 5.68. The number of carboxylic acids is 1. The van der Waals surface area contributed by atoms with Crippen LogP contribution in [-0.4, -0.2) is 43.9 Å². The van der Waals surface area contributed by atoms with E-state index in [1.165, 1.54) is 23.6 Å². The summed E-state index contributed by atoms with van der Waals surface area (Å²) in [4.78, 5) is 39.5. The summed E-state index contributed by atoms with van der Waals surface area (Å²) in [6, 6.07) is 14.0. The fraction of sp³-hybridized carbons (Fsp3) is 0.200. The van der Waals surface area contributed by atoms with Crippen LogP contribution in [-0.2, 0) is 16.6 Å². The van der Waals surface area contributed by atoms with E-state index in [4.69, 9.17) is 26.8 Å². The maximum absolute atomic E-state index is 13.4. The van der Waals surface area contributed by atoms with Crippen LogP contribution in [0.1, 0.15) is 18.2 Å². The molecule has 36 heavy (non-hydrogen) atoms. The van der Waals surface area contributed by atoms with E-state index in [1.807, 2.05) is 30.3 Å². The van der Waals surface area contributed by atoms with Crippen molar-refractivity contribution in [1.82, 2.24) is 9.36 Å². The van der Waals surface area contributed by atoms with Gasteiger partial charge in [-0.1, -0.05) is 48.2 Å². The molecule has 11 heteroatoms. The summed E-state index contributed by atoms with van der Waals surface area (Å²) < 4.78 is 14.2. The highest BCUT2D eigenvalue weighted by molar-refractivity contribution is 8.27. The second-order valence-corrected chi connectivity index (χ2v) is 9.61. The van der Waals surface area contributed by atoms with Crippen LogP contribution in [0.25, 0.3) is 11.8 Å². The molecule has 1 amide bonds. The first-order valence-electron chi connectivity index (χ1n) is 10.8.